The maximum Gasteiger partial charge on any atom is 0.0991 e. The van der Waals surface area contributed by atoms with Crippen LogP contribution in [0.2, 0.25) is 0 Å². The van der Waals surface area contributed by atoms with E-state index in [4.69, 9.17) is 0 Å². The number of nitrogens with zero attached hydrogens (tertiary/aromatic N) is 4. The molecule has 0 bridgehead atoms. The molecular formula is C21H21N5. The molecule has 4 rings (SSSR count). The molecule has 26 heavy (non-hydrogen) atoms. The molecule has 2 heterocycles. The van der Waals surface area contributed by atoms with E-state index >= 15 is 0 Å². The highest BCUT2D eigenvalue weighted by Gasteiger charge is 2.01. The van der Waals surface area contributed by atoms with Gasteiger partial charge in [-0.05, 0) is 23.3 Å². The van der Waals surface area contributed by atoms with Gasteiger partial charge in [-0.25, -0.2) is 4.98 Å². The lowest BCUT2D eigenvalue weighted by Gasteiger charge is -2.06. The second-order valence-corrected chi connectivity index (χ2v) is 6.27. The first kappa shape index (κ1) is 16.3. The molecule has 0 unspecified atom stereocenters. The average molecular weight is 343 g/mol. The Hall–Kier alpha value is -3.18. The van der Waals surface area contributed by atoms with Crippen LogP contribution in [0.4, 0.5) is 0 Å². The first-order valence-electron chi connectivity index (χ1n) is 8.70. The molecule has 1 N–H and O–H groups in total. The van der Waals surface area contributed by atoms with Crippen molar-refractivity contribution in [3.05, 3.63) is 102 Å². The number of imidazole rings is 1. The highest BCUT2D eigenvalue weighted by atomic mass is 15.3. The van der Waals surface area contributed by atoms with Gasteiger partial charge in [0.15, 0.2) is 0 Å². The van der Waals surface area contributed by atoms with Crippen LogP contribution in [0.3, 0.4) is 0 Å². The minimum atomic E-state index is 0.802. The molecule has 0 atom stereocenters. The van der Waals surface area contributed by atoms with Crippen molar-refractivity contribution in [2.75, 3.05) is 0 Å². The van der Waals surface area contributed by atoms with Gasteiger partial charge in [-0.2, -0.15) is 5.10 Å². The first-order valence-corrected chi connectivity index (χ1v) is 8.70. The number of hydrogen-bond acceptors (Lipinski definition) is 3. The Labute approximate surface area is 152 Å². The fraction of sp³-hybridized carbons (Fsp3) is 0.143. The number of rotatable bonds is 7. The van der Waals surface area contributed by atoms with Crippen molar-refractivity contribution in [1.29, 1.82) is 0 Å². The fourth-order valence-corrected chi connectivity index (χ4v) is 2.90. The van der Waals surface area contributed by atoms with Crippen molar-refractivity contribution in [3.63, 3.8) is 0 Å². The van der Waals surface area contributed by atoms with E-state index in [2.05, 4.69) is 70.1 Å². The summed E-state index contributed by atoms with van der Waals surface area (Å²) in [6, 6.07) is 18.9. The first-order chi connectivity index (χ1) is 12.9. The lowest BCUT2D eigenvalue weighted by molar-refractivity contribution is 0.677. The Bertz CT molecular complexity index is 924. The number of benzene rings is 2. The van der Waals surface area contributed by atoms with E-state index in [9.17, 15) is 0 Å². The predicted octanol–water partition coefficient (Wildman–Crippen LogP) is 3.41. The maximum atomic E-state index is 4.45. The van der Waals surface area contributed by atoms with E-state index in [-0.39, 0.29) is 0 Å². The van der Waals surface area contributed by atoms with Crippen LogP contribution < -0.4 is 5.32 Å². The largest absolute Gasteiger partial charge is 0.309 e. The van der Waals surface area contributed by atoms with Crippen LogP contribution in [-0.4, -0.2) is 19.3 Å². The zero-order chi connectivity index (χ0) is 17.6. The van der Waals surface area contributed by atoms with E-state index in [1.807, 2.05) is 27.7 Å². The van der Waals surface area contributed by atoms with Crippen molar-refractivity contribution < 1.29 is 0 Å². The minimum Gasteiger partial charge on any atom is -0.309 e. The lowest BCUT2D eigenvalue weighted by Crippen LogP contribution is -2.12. The van der Waals surface area contributed by atoms with Gasteiger partial charge in [-0.3, -0.25) is 4.68 Å². The molecule has 0 aliphatic carbocycles. The van der Waals surface area contributed by atoms with Crippen molar-refractivity contribution in [1.82, 2.24) is 24.6 Å². The quantitative estimate of drug-likeness (QED) is 0.559. The Balaban J connectivity index is 1.28. The van der Waals surface area contributed by atoms with Crippen molar-refractivity contribution in [3.8, 4) is 5.69 Å². The topological polar surface area (TPSA) is 47.7 Å². The Morgan fingerprint density at radius 3 is 2.42 bits per heavy atom. The zero-order valence-corrected chi connectivity index (χ0v) is 14.5. The van der Waals surface area contributed by atoms with Crippen LogP contribution in [0.15, 0.2) is 85.7 Å². The summed E-state index contributed by atoms with van der Waals surface area (Å²) in [7, 11) is 0. The molecule has 0 saturated heterocycles. The van der Waals surface area contributed by atoms with E-state index < -0.39 is 0 Å². The molecule has 0 saturated carbocycles. The van der Waals surface area contributed by atoms with E-state index in [1.54, 1.807) is 12.5 Å². The lowest BCUT2D eigenvalue weighted by atomic mass is 10.2. The van der Waals surface area contributed by atoms with Crippen LogP contribution in [0.1, 0.15) is 16.7 Å². The van der Waals surface area contributed by atoms with Crippen LogP contribution in [0, 0.1) is 0 Å². The van der Waals surface area contributed by atoms with Crippen LogP contribution >= 0.6 is 0 Å². The summed E-state index contributed by atoms with van der Waals surface area (Å²) in [5, 5.41) is 7.92. The van der Waals surface area contributed by atoms with Gasteiger partial charge in [-0.1, -0.05) is 42.5 Å². The normalized spacial score (nSPS) is 10.9. The highest BCUT2D eigenvalue weighted by molar-refractivity contribution is 5.34. The molecule has 2 aromatic carbocycles. The second kappa shape index (κ2) is 7.80. The Kier molecular flexibility index (Phi) is 4.89. The third-order valence-electron chi connectivity index (χ3n) is 4.27. The fourth-order valence-electron chi connectivity index (χ4n) is 2.90. The van der Waals surface area contributed by atoms with E-state index in [0.29, 0.717) is 0 Å². The third kappa shape index (κ3) is 4.07. The SMILES string of the molecule is c1ccc(Cn2cc(CNCc3ccc(-n4ccnc4)cc3)cn2)cc1. The molecule has 0 amide bonds. The summed E-state index contributed by atoms with van der Waals surface area (Å²) in [6.45, 7) is 2.43. The minimum absolute atomic E-state index is 0.802. The number of hydrogen-bond donors (Lipinski definition) is 1. The Morgan fingerprint density at radius 1 is 0.846 bits per heavy atom. The van der Waals surface area contributed by atoms with Crippen molar-refractivity contribution >= 4 is 0 Å². The second-order valence-electron chi connectivity index (χ2n) is 6.27. The van der Waals surface area contributed by atoms with Gasteiger partial charge in [0, 0.05) is 42.9 Å². The summed E-state index contributed by atoms with van der Waals surface area (Å²) in [4.78, 5) is 4.08. The summed E-state index contributed by atoms with van der Waals surface area (Å²) < 4.78 is 3.98. The standard InChI is InChI=1S/C21H21N5/c1-2-4-19(5-3-1)15-26-16-20(14-24-26)13-23-12-18-6-8-21(9-7-18)25-11-10-22-17-25/h1-11,14,16-17,23H,12-13,15H2. The number of aromatic nitrogens is 4. The van der Waals surface area contributed by atoms with Gasteiger partial charge in [0.1, 0.15) is 0 Å². The number of nitrogens with one attached hydrogen (secondary N) is 1. The molecule has 0 spiro atoms. The van der Waals surface area contributed by atoms with E-state index in [1.165, 1.54) is 16.7 Å². The molecule has 0 aliphatic rings. The van der Waals surface area contributed by atoms with Gasteiger partial charge in [0.2, 0.25) is 0 Å². The molecule has 0 aliphatic heterocycles. The van der Waals surface area contributed by atoms with Gasteiger partial charge < -0.3 is 9.88 Å². The van der Waals surface area contributed by atoms with E-state index in [0.717, 1.165) is 25.3 Å². The molecule has 2 aromatic heterocycles. The summed E-state index contributed by atoms with van der Waals surface area (Å²) in [5.41, 5.74) is 4.82. The average Bonchev–Trinajstić information content (AvgIpc) is 3.36. The third-order valence-corrected chi connectivity index (χ3v) is 4.27. The summed E-state index contributed by atoms with van der Waals surface area (Å²) in [6.07, 6.45) is 9.56. The molecule has 0 fully saturated rings. The molecular weight excluding hydrogens is 322 g/mol. The summed E-state index contributed by atoms with van der Waals surface area (Å²) >= 11 is 0. The van der Waals surface area contributed by atoms with Crippen LogP contribution in [0.25, 0.3) is 5.69 Å². The zero-order valence-electron chi connectivity index (χ0n) is 14.5. The maximum absolute atomic E-state index is 4.45. The van der Waals surface area contributed by atoms with Crippen molar-refractivity contribution in [2.45, 2.75) is 19.6 Å². The van der Waals surface area contributed by atoms with Crippen LogP contribution in [-0.2, 0) is 19.6 Å². The van der Waals surface area contributed by atoms with Crippen molar-refractivity contribution in [2.24, 2.45) is 0 Å². The summed E-state index contributed by atoms with van der Waals surface area (Å²) in [5.74, 6) is 0. The highest BCUT2D eigenvalue weighted by Crippen LogP contribution is 2.09. The van der Waals surface area contributed by atoms with Gasteiger partial charge in [-0.15, -0.1) is 0 Å². The predicted molar refractivity (Wildman–Crippen MR) is 102 cm³/mol. The molecule has 4 aromatic rings. The van der Waals surface area contributed by atoms with Gasteiger partial charge >= 0.3 is 0 Å². The molecule has 5 heteroatoms. The monoisotopic (exact) mass is 343 g/mol. The molecule has 0 radical (unpaired) electrons. The van der Waals surface area contributed by atoms with Crippen LogP contribution in [0.5, 0.6) is 0 Å². The Morgan fingerprint density at radius 2 is 1.65 bits per heavy atom. The van der Waals surface area contributed by atoms with Gasteiger partial charge in [0.05, 0.1) is 19.1 Å². The molecule has 130 valence electrons. The van der Waals surface area contributed by atoms with Gasteiger partial charge in [0.25, 0.3) is 0 Å². The molecule has 5 nitrogen and oxygen atoms in total. The smallest absolute Gasteiger partial charge is 0.0991 e.